The molecule has 1 amide bonds. The molecule has 0 aliphatic carbocycles. The van der Waals surface area contributed by atoms with Crippen molar-refractivity contribution < 1.29 is 14.3 Å². The van der Waals surface area contributed by atoms with Crippen molar-refractivity contribution in [2.75, 3.05) is 11.9 Å². The summed E-state index contributed by atoms with van der Waals surface area (Å²) in [4.78, 5) is 25.6. The van der Waals surface area contributed by atoms with Gasteiger partial charge in [-0.2, -0.15) is 0 Å². The van der Waals surface area contributed by atoms with Gasteiger partial charge in [-0.25, -0.2) is 4.79 Å². The number of nitrogens with zero attached hydrogens (tertiary/aromatic N) is 1. The van der Waals surface area contributed by atoms with Crippen LogP contribution >= 0.6 is 22.9 Å². The Morgan fingerprint density at radius 3 is 2.84 bits per heavy atom. The number of anilines is 1. The molecule has 0 saturated carbocycles. The minimum atomic E-state index is -0.433. The van der Waals surface area contributed by atoms with Gasteiger partial charge in [-0.15, -0.1) is 11.3 Å². The lowest BCUT2D eigenvalue weighted by Crippen LogP contribution is -2.22. The third kappa shape index (κ3) is 3.70. The molecule has 0 aliphatic rings. The number of rotatable bonds is 5. The van der Waals surface area contributed by atoms with Crippen molar-refractivity contribution in [1.29, 1.82) is 0 Å². The fourth-order valence-corrected chi connectivity index (χ4v) is 3.64. The van der Waals surface area contributed by atoms with E-state index in [0.29, 0.717) is 16.4 Å². The Bertz CT molecular complexity index is 945. The van der Waals surface area contributed by atoms with Gasteiger partial charge in [0.1, 0.15) is 17.1 Å². The van der Waals surface area contributed by atoms with Gasteiger partial charge in [-0.05, 0) is 49.1 Å². The maximum Gasteiger partial charge on any atom is 0.355 e. The van der Waals surface area contributed by atoms with Crippen LogP contribution < -0.4 is 5.32 Å². The highest BCUT2D eigenvalue weighted by Gasteiger charge is 2.19. The van der Waals surface area contributed by atoms with Crippen molar-refractivity contribution in [2.45, 2.75) is 20.4 Å². The number of esters is 1. The molecule has 2 heterocycles. The molecule has 1 aromatic carbocycles. The minimum absolute atomic E-state index is 0.0180. The fraction of sp³-hybridized carbons (Fsp3) is 0.222. The molecule has 3 aromatic rings. The van der Waals surface area contributed by atoms with Gasteiger partial charge in [0.15, 0.2) is 0 Å². The molecule has 7 heteroatoms. The smallest absolute Gasteiger partial charge is 0.355 e. The highest BCUT2D eigenvalue weighted by Crippen LogP contribution is 2.26. The van der Waals surface area contributed by atoms with Crippen molar-refractivity contribution in [3.05, 3.63) is 52.0 Å². The molecule has 130 valence electrons. The summed E-state index contributed by atoms with van der Waals surface area (Å²) in [5.41, 5.74) is 1.95. The zero-order valence-corrected chi connectivity index (χ0v) is 15.4. The Morgan fingerprint density at radius 1 is 1.28 bits per heavy atom. The number of hydrogen-bond acceptors (Lipinski definition) is 4. The summed E-state index contributed by atoms with van der Waals surface area (Å²) in [7, 11) is 0. The normalized spacial score (nSPS) is 10.8. The topological polar surface area (TPSA) is 60.3 Å². The molecule has 0 spiro atoms. The second-order valence-corrected chi connectivity index (χ2v) is 6.86. The van der Waals surface area contributed by atoms with Crippen LogP contribution in [0.2, 0.25) is 5.02 Å². The number of nitrogens with one attached hydrogen (secondary N) is 1. The molecule has 0 saturated heterocycles. The van der Waals surface area contributed by atoms with Gasteiger partial charge in [-0.3, -0.25) is 4.79 Å². The van der Waals surface area contributed by atoms with E-state index < -0.39 is 5.97 Å². The summed E-state index contributed by atoms with van der Waals surface area (Å²) in [6, 6.07) is 8.99. The molecule has 0 radical (unpaired) electrons. The number of ether oxygens (including phenoxy) is 1. The molecule has 1 N–H and O–H groups in total. The first-order chi connectivity index (χ1) is 12.0. The SMILES string of the molecule is CCOC(=O)c1cc2ccsc2n1CC(=O)Nc1cc(Cl)ccc1C. The standard InChI is InChI=1S/C18H17ClN2O3S/c1-3-24-18(23)15-8-12-6-7-25-17(12)21(15)10-16(22)20-14-9-13(19)5-4-11(14)2/h4-9H,3,10H2,1-2H3,(H,20,22). The molecule has 0 atom stereocenters. The average Bonchev–Trinajstić information content (AvgIpc) is 3.14. The number of amides is 1. The number of benzene rings is 1. The zero-order valence-electron chi connectivity index (χ0n) is 13.8. The van der Waals surface area contributed by atoms with E-state index in [-0.39, 0.29) is 19.1 Å². The van der Waals surface area contributed by atoms with Crippen LogP contribution in [0.15, 0.2) is 35.7 Å². The van der Waals surface area contributed by atoms with E-state index in [4.69, 9.17) is 16.3 Å². The van der Waals surface area contributed by atoms with Crippen LogP contribution in [0, 0.1) is 6.92 Å². The Kier molecular flexibility index (Phi) is 5.11. The van der Waals surface area contributed by atoms with E-state index in [9.17, 15) is 9.59 Å². The third-order valence-electron chi connectivity index (χ3n) is 3.76. The summed E-state index contributed by atoms with van der Waals surface area (Å²) in [5.74, 6) is -0.667. The van der Waals surface area contributed by atoms with Gasteiger partial charge in [0.25, 0.3) is 0 Å². The second-order valence-electron chi connectivity index (χ2n) is 5.52. The number of hydrogen-bond donors (Lipinski definition) is 1. The number of carbonyl (C=O) groups excluding carboxylic acids is 2. The average molecular weight is 377 g/mol. The quantitative estimate of drug-likeness (QED) is 0.668. The Hall–Kier alpha value is -2.31. The summed E-state index contributed by atoms with van der Waals surface area (Å²) in [5, 5.41) is 6.25. The molecule has 2 aromatic heterocycles. The number of aromatic nitrogens is 1. The van der Waals surface area contributed by atoms with Crippen molar-refractivity contribution >= 4 is 50.7 Å². The first kappa shape index (κ1) is 17.5. The number of carbonyl (C=O) groups is 2. The van der Waals surface area contributed by atoms with E-state index in [2.05, 4.69) is 5.32 Å². The molecular formula is C18H17ClN2O3S. The third-order valence-corrected chi connectivity index (χ3v) is 4.95. The van der Waals surface area contributed by atoms with E-state index >= 15 is 0 Å². The van der Waals surface area contributed by atoms with E-state index in [1.165, 1.54) is 11.3 Å². The number of fused-ring (bicyclic) bond motifs is 1. The van der Waals surface area contributed by atoms with Gasteiger partial charge in [0.2, 0.25) is 5.91 Å². The lowest BCUT2D eigenvalue weighted by atomic mass is 10.2. The number of thiophene rings is 1. The number of aryl methyl sites for hydroxylation is 1. The van der Waals surface area contributed by atoms with Crippen molar-refractivity contribution in [2.24, 2.45) is 0 Å². The van der Waals surface area contributed by atoms with Crippen LogP contribution in [0.1, 0.15) is 23.0 Å². The fourth-order valence-electron chi connectivity index (χ4n) is 2.57. The van der Waals surface area contributed by atoms with Gasteiger partial charge in [0.05, 0.1) is 6.61 Å². The molecule has 3 rings (SSSR count). The maximum absolute atomic E-state index is 12.5. The first-order valence-corrected chi connectivity index (χ1v) is 9.05. The lowest BCUT2D eigenvalue weighted by Gasteiger charge is -2.12. The molecule has 0 aliphatic heterocycles. The van der Waals surface area contributed by atoms with Crippen LogP contribution in [-0.4, -0.2) is 23.1 Å². The highest BCUT2D eigenvalue weighted by molar-refractivity contribution is 7.16. The summed E-state index contributed by atoms with van der Waals surface area (Å²) < 4.78 is 6.79. The van der Waals surface area contributed by atoms with Gasteiger partial charge < -0.3 is 14.6 Å². The molecule has 5 nitrogen and oxygen atoms in total. The van der Waals surface area contributed by atoms with Gasteiger partial charge in [-0.1, -0.05) is 17.7 Å². The van der Waals surface area contributed by atoms with Gasteiger partial charge >= 0.3 is 5.97 Å². The highest BCUT2D eigenvalue weighted by atomic mass is 35.5. The Labute approximate surface area is 154 Å². The zero-order chi connectivity index (χ0) is 18.0. The molecule has 0 unspecified atom stereocenters. The Balaban J connectivity index is 1.87. The molecule has 25 heavy (non-hydrogen) atoms. The first-order valence-electron chi connectivity index (χ1n) is 7.79. The van der Waals surface area contributed by atoms with Crippen molar-refractivity contribution in [3.63, 3.8) is 0 Å². The predicted molar refractivity (Wildman–Crippen MR) is 101 cm³/mol. The summed E-state index contributed by atoms with van der Waals surface area (Å²) in [6.45, 7) is 3.95. The van der Waals surface area contributed by atoms with E-state index in [0.717, 1.165) is 15.8 Å². The monoisotopic (exact) mass is 376 g/mol. The lowest BCUT2D eigenvalue weighted by molar-refractivity contribution is -0.116. The van der Waals surface area contributed by atoms with Crippen LogP contribution in [0.4, 0.5) is 5.69 Å². The second kappa shape index (κ2) is 7.29. The van der Waals surface area contributed by atoms with Crippen LogP contribution in [0.3, 0.4) is 0 Å². The largest absolute Gasteiger partial charge is 0.461 e. The van der Waals surface area contributed by atoms with Crippen LogP contribution in [0.5, 0.6) is 0 Å². The maximum atomic E-state index is 12.5. The Morgan fingerprint density at radius 2 is 2.08 bits per heavy atom. The van der Waals surface area contributed by atoms with Crippen LogP contribution in [-0.2, 0) is 16.1 Å². The van der Waals surface area contributed by atoms with Gasteiger partial charge in [0, 0.05) is 16.1 Å². The molecule has 0 bridgehead atoms. The molecule has 0 fully saturated rings. The summed E-state index contributed by atoms with van der Waals surface area (Å²) in [6.07, 6.45) is 0. The molecular weight excluding hydrogens is 360 g/mol. The van der Waals surface area contributed by atoms with E-state index in [1.54, 1.807) is 29.7 Å². The van der Waals surface area contributed by atoms with Crippen molar-refractivity contribution in [1.82, 2.24) is 4.57 Å². The minimum Gasteiger partial charge on any atom is -0.461 e. The van der Waals surface area contributed by atoms with E-state index in [1.807, 2.05) is 24.4 Å². The van der Waals surface area contributed by atoms with Crippen LogP contribution in [0.25, 0.3) is 10.2 Å². The summed E-state index contributed by atoms with van der Waals surface area (Å²) >= 11 is 7.47. The number of halogens is 1. The predicted octanol–water partition coefficient (Wildman–Crippen LogP) is 4.48. The van der Waals surface area contributed by atoms with Crippen molar-refractivity contribution in [3.8, 4) is 0 Å².